The van der Waals surface area contributed by atoms with E-state index in [9.17, 15) is 18.7 Å². The van der Waals surface area contributed by atoms with E-state index in [1.807, 2.05) is 0 Å². The van der Waals surface area contributed by atoms with Crippen molar-refractivity contribution in [3.05, 3.63) is 71.3 Å². The number of nitrogens with zero attached hydrogens (tertiary/aromatic N) is 2. The number of likely N-dealkylation sites (N-methyl/N-ethyl adjacent to an activating group) is 1. The summed E-state index contributed by atoms with van der Waals surface area (Å²) < 4.78 is 33.5. The van der Waals surface area contributed by atoms with Crippen LogP contribution in [0.3, 0.4) is 0 Å². The van der Waals surface area contributed by atoms with E-state index in [-0.39, 0.29) is 29.9 Å². The molecule has 4 rings (SSSR count). The lowest BCUT2D eigenvalue weighted by Gasteiger charge is -2.32. The van der Waals surface area contributed by atoms with E-state index < -0.39 is 17.7 Å². The van der Waals surface area contributed by atoms with Crippen LogP contribution in [0.25, 0.3) is 5.57 Å². The average molecular weight is 400 g/mol. The number of hydrogen-bond donors (Lipinski definition) is 1. The van der Waals surface area contributed by atoms with E-state index in [0.717, 1.165) is 24.6 Å². The SMILES string of the molecule is CN(C(=O)N1CC(c2cc(F)ccc2F)=CC1c1cccc(O)c1)C1CCOC1. The first-order valence-corrected chi connectivity index (χ1v) is 9.50. The number of halogens is 2. The van der Waals surface area contributed by atoms with Crippen molar-refractivity contribution in [2.24, 2.45) is 0 Å². The molecule has 7 heteroatoms. The molecule has 2 aromatic carbocycles. The summed E-state index contributed by atoms with van der Waals surface area (Å²) in [6, 6.07) is 9.15. The maximum absolute atomic E-state index is 14.4. The summed E-state index contributed by atoms with van der Waals surface area (Å²) >= 11 is 0. The van der Waals surface area contributed by atoms with Gasteiger partial charge in [-0.1, -0.05) is 18.2 Å². The maximum atomic E-state index is 14.4. The third kappa shape index (κ3) is 3.82. The fourth-order valence-electron chi connectivity index (χ4n) is 3.89. The second-order valence-corrected chi connectivity index (χ2v) is 7.39. The highest BCUT2D eigenvalue weighted by molar-refractivity contribution is 5.82. The van der Waals surface area contributed by atoms with Gasteiger partial charge in [0.1, 0.15) is 17.4 Å². The van der Waals surface area contributed by atoms with E-state index in [2.05, 4.69) is 0 Å². The summed E-state index contributed by atoms with van der Waals surface area (Å²) in [5.41, 5.74) is 1.36. The third-order valence-electron chi connectivity index (χ3n) is 5.52. The first-order chi connectivity index (χ1) is 13.9. The van der Waals surface area contributed by atoms with Gasteiger partial charge in [-0.2, -0.15) is 0 Å². The number of rotatable bonds is 3. The zero-order valence-corrected chi connectivity index (χ0v) is 16.0. The molecule has 2 unspecified atom stereocenters. The number of aromatic hydroxyl groups is 1. The molecule has 2 aliphatic rings. The Morgan fingerprint density at radius 2 is 2.07 bits per heavy atom. The van der Waals surface area contributed by atoms with Crippen molar-refractivity contribution in [1.29, 1.82) is 0 Å². The molecule has 0 radical (unpaired) electrons. The van der Waals surface area contributed by atoms with Crippen molar-refractivity contribution in [2.45, 2.75) is 18.5 Å². The highest BCUT2D eigenvalue weighted by Gasteiger charge is 2.36. The van der Waals surface area contributed by atoms with Crippen LogP contribution in [0.4, 0.5) is 13.6 Å². The van der Waals surface area contributed by atoms with Crippen LogP contribution in [0.2, 0.25) is 0 Å². The van der Waals surface area contributed by atoms with Gasteiger partial charge in [0.25, 0.3) is 0 Å². The van der Waals surface area contributed by atoms with Crippen LogP contribution >= 0.6 is 0 Å². The number of benzene rings is 2. The van der Waals surface area contributed by atoms with Crippen molar-refractivity contribution < 1.29 is 23.4 Å². The smallest absolute Gasteiger partial charge is 0.321 e. The van der Waals surface area contributed by atoms with E-state index in [1.165, 1.54) is 0 Å². The molecular weight excluding hydrogens is 378 g/mol. The van der Waals surface area contributed by atoms with Gasteiger partial charge in [-0.15, -0.1) is 0 Å². The minimum Gasteiger partial charge on any atom is -0.508 e. The molecule has 2 aromatic rings. The Morgan fingerprint density at radius 3 is 2.79 bits per heavy atom. The summed E-state index contributed by atoms with van der Waals surface area (Å²) in [6.45, 7) is 1.22. The molecule has 0 bridgehead atoms. The maximum Gasteiger partial charge on any atom is 0.321 e. The Kier molecular flexibility index (Phi) is 5.24. The lowest BCUT2D eigenvalue weighted by Crippen LogP contribution is -2.46. The molecule has 2 atom stereocenters. The molecule has 0 saturated carbocycles. The highest BCUT2D eigenvalue weighted by Crippen LogP contribution is 2.37. The Labute approximate surface area is 167 Å². The number of hydrogen-bond acceptors (Lipinski definition) is 3. The van der Waals surface area contributed by atoms with E-state index in [4.69, 9.17) is 4.74 Å². The summed E-state index contributed by atoms with van der Waals surface area (Å²) in [6.07, 6.45) is 2.51. The Hall–Kier alpha value is -2.93. The van der Waals surface area contributed by atoms with Gasteiger partial charge >= 0.3 is 6.03 Å². The van der Waals surface area contributed by atoms with Crippen LogP contribution in [-0.2, 0) is 4.74 Å². The summed E-state index contributed by atoms with van der Waals surface area (Å²) in [7, 11) is 1.72. The molecule has 0 aromatic heterocycles. The van der Waals surface area contributed by atoms with Crippen molar-refractivity contribution in [3.8, 4) is 5.75 Å². The van der Waals surface area contributed by atoms with Gasteiger partial charge in [-0.25, -0.2) is 13.6 Å². The fourth-order valence-corrected chi connectivity index (χ4v) is 3.89. The van der Waals surface area contributed by atoms with Gasteiger partial charge in [-0.3, -0.25) is 0 Å². The molecule has 1 fully saturated rings. The number of urea groups is 1. The molecule has 0 aliphatic carbocycles. The Bertz CT molecular complexity index is 957. The average Bonchev–Trinajstić information content (AvgIpc) is 3.39. The van der Waals surface area contributed by atoms with Crippen molar-refractivity contribution in [3.63, 3.8) is 0 Å². The number of carbonyl (C=O) groups is 1. The second-order valence-electron chi connectivity index (χ2n) is 7.39. The number of phenols is 1. The van der Waals surface area contributed by atoms with Crippen LogP contribution in [-0.4, -0.2) is 53.8 Å². The second kappa shape index (κ2) is 7.83. The van der Waals surface area contributed by atoms with Crippen molar-refractivity contribution in [2.75, 3.05) is 26.8 Å². The van der Waals surface area contributed by atoms with Gasteiger partial charge < -0.3 is 19.6 Å². The van der Waals surface area contributed by atoms with Crippen molar-refractivity contribution in [1.82, 2.24) is 9.80 Å². The largest absolute Gasteiger partial charge is 0.508 e. The Morgan fingerprint density at radius 1 is 1.24 bits per heavy atom. The molecule has 5 nitrogen and oxygen atoms in total. The third-order valence-corrected chi connectivity index (χ3v) is 5.52. The van der Waals surface area contributed by atoms with Crippen LogP contribution < -0.4 is 0 Å². The molecule has 2 heterocycles. The molecule has 2 amide bonds. The lowest BCUT2D eigenvalue weighted by atomic mass is 10.0. The zero-order valence-electron chi connectivity index (χ0n) is 16.0. The minimum absolute atomic E-state index is 0.0257. The quantitative estimate of drug-likeness (QED) is 0.849. The molecule has 2 aliphatic heterocycles. The molecule has 29 heavy (non-hydrogen) atoms. The van der Waals surface area contributed by atoms with Crippen LogP contribution in [0.1, 0.15) is 23.6 Å². The predicted octanol–water partition coefficient (Wildman–Crippen LogP) is 3.95. The number of phenolic OH excluding ortho intramolecular Hbond substituents is 1. The number of ether oxygens (including phenoxy) is 1. The number of carbonyl (C=O) groups excluding carboxylic acids is 1. The summed E-state index contributed by atoms with van der Waals surface area (Å²) in [4.78, 5) is 16.5. The van der Waals surface area contributed by atoms with Gasteiger partial charge in [0.2, 0.25) is 0 Å². The summed E-state index contributed by atoms with van der Waals surface area (Å²) in [5.74, 6) is -1.01. The molecular formula is C22H22F2N2O3. The fraction of sp³-hybridized carbons (Fsp3) is 0.318. The normalized spacial score (nSPS) is 21.3. The monoisotopic (exact) mass is 400 g/mol. The summed E-state index contributed by atoms with van der Waals surface area (Å²) in [5, 5.41) is 9.88. The van der Waals surface area contributed by atoms with Gasteiger partial charge in [0, 0.05) is 25.8 Å². The van der Waals surface area contributed by atoms with Crippen LogP contribution in [0, 0.1) is 11.6 Å². The number of amides is 2. The van der Waals surface area contributed by atoms with Gasteiger partial charge in [0.15, 0.2) is 0 Å². The highest BCUT2D eigenvalue weighted by atomic mass is 19.1. The molecule has 0 spiro atoms. The zero-order chi connectivity index (χ0) is 20.5. The first-order valence-electron chi connectivity index (χ1n) is 9.50. The van der Waals surface area contributed by atoms with E-state index in [0.29, 0.717) is 24.4 Å². The van der Waals surface area contributed by atoms with Crippen LogP contribution in [0.5, 0.6) is 5.75 Å². The molecule has 1 N–H and O–H groups in total. The lowest BCUT2D eigenvalue weighted by molar-refractivity contribution is 0.131. The van der Waals surface area contributed by atoms with E-state index in [1.54, 1.807) is 47.2 Å². The standard InChI is InChI=1S/C22H22F2N2O3/c1-25(17-7-8-29-13-17)22(28)26-12-15(19-11-16(23)5-6-20(19)24)10-21(26)14-3-2-4-18(27)9-14/h2-6,9-11,17,21,27H,7-8,12-13H2,1H3. The van der Waals surface area contributed by atoms with Crippen LogP contribution in [0.15, 0.2) is 48.5 Å². The van der Waals surface area contributed by atoms with Gasteiger partial charge in [-0.05, 0) is 47.9 Å². The van der Waals surface area contributed by atoms with Crippen molar-refractivity contribution >= 4 is 11.6 Å². The molecule has 152 valence electrons. The van der Waals surface area contributed by atoms with E-state index >= 15 is 0 Å². The van der Waals surface area contributed by atoms with Gasteiger partial charge in [0.05, 0.1) is 18.7 Å². The topological polar surface area (TPSA) is 53.0 Å². The first kappa shape index (κ1) is 19.4. The molecule has 1 saturated heterocycles. The minimum atomic E-state index is -0.542. The Balaban J connectivity index is 1.70. The predicted molar refractivity (Wildman–Crippen MR) is 104 cm³/mol.